The van der Waals surface area contributed by atoms with E-state index in [0.717, 1.165) is 22.5 Å². The monoisotopic (exact) mass is 500 g/mol. The standard InChI is InChI=1S/C29H28N2O4S/c1-17-26(18(2)32)36-28(30-17)31-24(20-12-14-21(15-13-20)29(3,4)5)23(25(34)27(31)35)22(33)16-11-19-9-7-6-8-10-19/h6-16,24,34H,1-5H3. The van der Waals surface area contributed by atoms with Crippen molar-refractivity contribution < 1.29 is 19.5 Å². The largest absolute Gasteiger partial charge is 0.503 e. The molecule has 0 spiro atoms. The van der Waals surface area contributed by atoms with Gasteiger partial charge in [0.25, 0.3) is 5.91 Å². The minimum Gasteiger partial charge on any atom is -0.503 e. The number of Topliss-reactive ketones (excluding diaryl/α,β-unsaturated/α-hetero) is 1. The number of aliphatic hydroxyl groups excluding tert-OH is 1. The molecule has 2 aromatic carbocycles. The Hall–Kier alpha value is -3.84. The predicted molar refractivity (Wildman–Crippen MR) is 142 cm³/mol. The molecule has 4 rings (SSSR count). The van der Waals surface area contributed by atoms with Gasteiger partial charge in [0.15, 0.2) is 22.5 Å². The highest BCUT2D eigenvalue weighted by Crippen LogP contribution is 2.43. The highest BCUT2D eigenvalue weighted by molar-refractivity contribution is 7.17. The van der Waals surface area contributed by atoms with Crippen molar-refractivity contribution in [2.45, 2.75) is 46.1 Å². The molecule has 1 aliphatic heterocycles. The lowest BCUT2D eigenvalue weighted by Crippen LogP contribution is -2.31. The number of allylic oxidation sites excluding steroid dienone is 1. The number of aromatic nitrogens is 1. The van der Waals surface area contributed by atoms with E-state index in [-0.39, 0.29) is 21.9 Å². The third kappa shape index (κ3) is 4.79. The van der Waals surface area contributed by atoms with E-state index in [4.69, 9.17) is 0 Å². The molecule has 1 N–H and O–H groups in total. The number of anilines is 1. The Morgan fingerprint density at radius 2 is 1.69 bits per heavy atom. The van der Waals surface area contributed by atoms with Gasteiger partial charge < -0.3 is 5.11 Å². The minimum atomic E-state index is -0.884. The summed E-state index contributed by atoms with van der Waals surface area (Å²) in [6.07, 6.45) is 3.01. The van der Waals surface area contributed by atoms with E-state index in [9.17, 15) is 19.5 Å². The molecule has 3 aromatic rings. The number of aliphatic hydroxyl groups is 1. The summed E-state index contributed by atoms with van der Waals surface area (Å²) >= 11 is 1.08. The van der Waals surface area contributed by atoms with E-state index in [0.29, 0.717) is 16.1 Å². The molecule has 36 heavy (non-hydrogen) atoms. The first-order valence-electron chi connectivity index (χ1n) is 11.6. The summed E-state index contributed by atoms with van der Waals surface area (Å²) in [6, 6.07) is 16.1. The molecule has 7 heteroatoms. The summed E-state index contributed by atoms with van der Waals surface area (Å²) in [5, 5.41) is 11.2. The SMILES string of the molecule is CC(=O)c1sc(N2C(=O)C(O)=C(C(=O)C=Cc3ccccc3)C2c2ccc(C(C)(C)C)cc2)nc1C. The Bertz CT molecular complexity index is 1390. The first-order chi connectivity index (χ1) is 17.0. The number of benzene rings is 2. The van der Waals surface area contributed by atoms with Crippen molar-refractivity contribution in [2.24, 2.45) is 0 Å². The van der Waals surface area contributed by atoms with E-state index < -0.39 is 23.5 Å². The smallest absolute Gasteiger partial charge is 0.296 e. The van der Waals surface area contributed by atoms with E-state index in [1.54, 1.807) is 13.0 Å². The summed E-state index contributed by atoms with van der Waals surface area (Å²) in [7, 11) is 0. The Morgan fingerprint density at radius 3 is 2.25 bits per heavy atom. The second kappa shape index (κ2) is 9.66. The average Bonchev–Trinajstić information content (AvgIpc) is 3.35. The Morgan fingerprint density at radius 1 is 1.06 bits per heavy atom. The average molecular weight is 501 g/mol. The zero-order valence-corrected chi connectivity index (χ0v) is 21.7. The molecule has 1 amide bonds. The van der Waals surface area contributed by atoms with Crippen LogP contribution in [0.3, 0.4) is 0 Å². The molecular weight excluding hydrogens is 472 g/mol. The molecule has 0 saturated carbocycles. The Labute approximate surface area is 214 Å². The molecule has 1 aromatic heterocycles. The number of rotatable bonds is 6. The van der Waals surface area contributed by atoms with Crippen LogP contribution < -0.4 is 4.90 Å². The number of ketones is 2. The molecular formula is C29H28N2O4S. The van der Waals surface area contributed by atoms with Crippen molar-refractivity contribution in [3.8, 4) is 0 Å². The lowest BCUT2D eigenvalue weighted by molar-refractivity contribution is -0.117. The fraction of sp³-hybridized carbons (Fsp3) is 0.241. The van der Waals surface area contributed by atoms with Crippen molar-refractivity contribution in [1.82, 2.24) is 4.98 Å². The number of carbonyl (C=O) groups excluding carboxylic acids is 3. The topological polar surface area (TPSA) is 87.6 Å². The molecule has 0 fully saturated rings. The van der Waals surface area contributed by atoms with Crippen molar-refractivity contribution >= 4 is 40.0 Å². The van der Waals surface area contributed by atoms with Crippen LogP contribution in [0.25, 0.3) is 6.08 Å². The second-order valence-corrected chi connectivity index (χ2v) is 10.8. The van der Waals surface area contributed by atoms with Gasteiger partial charge in [0.2, 0.25) is 0 Å². The molecule has 1 unspecified atom stereocenters. The molecule has 184 valence electrons. The molecule has 0 bridgehead atoms. The van der Waals surface area contributed by atoms with Crippen LogP contribution in [0.15, 0.2) is 72.0 Å². The summed E-state index contributed by atoms with van der Waals surface area (Å²) in [5.41, 5.74) is 2.97. The third-order valence-corrected chi connectivity index (χ3v) is 7.36. The molecule has 6 nitrogen and oxygen atoms in total. The van der Waals surface area contributed by atoms with Crippen molar-refractivity contribution in [1.29, 1.82) is 0 Å². The first kappa shape index (κ1) is 25.3. The van der Waals surface area contributed by atoms with Gasteiger partial charge in [-0.15, -0.1) is 0 Å². The number of carbonyl (C=O) groups is 3. The van der Waals surface area contributed by atoms with Crippen LogP contribution in [0.1, 0.15) is 65.8 Å². The van der Waals surface area contributed by atoms with Gasteiger partial charge in [0.05, 0.1) is 22.2 Å². The number of aryl methyl sites for hydroxylation is 1. The minimum absolute atomic E-state index is 0.0204. The summed E-state index contributed by atoms with van der Waals surface area (Å²) in [6.45, 7) is 9.45. The Kier molecular flexibility index (Phi) is 6.78. The van der Waals surface area contributed by atoms with Crippen LogP contribution in [0.2, 0.25) is 0 Å². The zero-order chi connectivity index (χ0) is 26.2. The van der Waals surface area contributed by atoms with Crippen molar-refractivity contribution in [2.75, 3.05) is 4.90 Å². The molecule has 1 aliphatic rings. The number of thiazole rings is 1. The Balaban J connectivity index is 1.82. The maximum Gasteiger partial charge on any atom is 0.296 e. The lowest BCUT2D eigenvalue weighted by Gasteiger charge is -2.25. The van der Waals surface area contributed by atoms with Crippen LogP contribution in [0.4, 0.5) is 5.13 Å². The summed E-state index contributed by atoms with van der Waals surface area (Å²) in [5.74, 6) is -1.97. The van der Waals surface area contributed by atoms with Gasteiger partial charge >= 0.3 is 0 Å². The van der Waals surface area contributed by atoms with Gasteiger partial charge in [-0.25, -0.2) is 4.98 Å². The van der Waals surface area contributed by atoms with Crippen LogP contribution in [-0.4, -0.2) is 27.6 Å². The number of nitrogens with zero attached hydrogens (tertiary/aromatic N) is 2. The van der Waals surface area contributed by atoms with Crippen LogP contribution >= 0.6 is 11.3 Å². The molecule has 0 saturated heterocycles. The van der Waals surface area contributed by atoms with Gasteiger partial charge in [-0.05, 0) is 35.1 Å². The van der Waals surface area contributed by atoms with Gasteiger partial charge in [-0.3, -0.25) is 19.3 Å². The molecule has 0 radical (unpaired) electrons. The quantitative estimate of drug-likeness (QED) is 0.325. The van der Waals surface area contributed by atoms with Crippen LogP contribution in [0.5, 0.6) is 0 Å². The predicted octanol–water partition coefficient (Wildman–Crippen LogP) is 6.13. The molecule has 1 atom stereocenters. The number of amides is 1. The highest BCUT2D eigenvalue weighted by Gasteiger charge is 2.45. The lowest BCUT2D eigenvalue weighted by atomic mass is 9.85. The van der Waals surface area contributed by atoms with Crippen molar-refractivity contribution in [3.63, 3.8) is 0 Å². The maximum absolute atomic E-state index is 13.4. The van der Waals surface area contributed by atoms with Gasteiger partial charge in [-0.1, -0.05) is 92.8 Å². The van der Waals surface area contributed by atoms with E-state index in [1.165, 1.54) is 17.9 Å². The number of hydrogen-bond donors (Lipinski definition) is 1. The van der Waals surface area contributed by atoms with E-state index in [1.807, 2.05) is 54.6 Å². The summed E-state index contributed by atoms with van der Waals surface area (Å²) in [4.78, 5) is 45.0. The van der Waals surface area contributed by atoms with Gasteiger partial charge in [0.1, 0.15) is 0 Å². The van der Waals surface area contributed by atoms with Gasteiger partial charge in [0, 0.05) is 6.92 Å². The van der Waals surface area contributed by atoms with Crippen molar-refractivity contribution in [3.05, 3.63) is 99.3 Å². The van der Waals surface area contributed by atoms with E-state index in [2.05, 4.69) is 25.8 Å². The van der Waals surface area contributed by atoms with Gasteiger partial charge in [-0.2, -0.15) is 0 Å². The fourth-order valence-corrected chi connectivity index (χ4v) is 5.16. The molecule has 0 aliphatic carbocycles. The highest BCUT2D eigenvalue weighted by atomic mass is 32.1. The number of hydrogen-bond acceptors (Lipinski definition) is 6. The normalized spacial score (nSPS) is 16.3. The second-order valence-electron chi connectivity index (χ2n) is 9.79. The zero-order valence-electron chi connectivity index (χ0n) is 20.9. The van der Waals surface area contributed by atoms with E-state index >= 15 is 0 Å². The maximum atomic E-state index is 13.4. The van der Waals surface area contributed by atoms with Crippen LogP contribution in [-0.2, 0) is 15.0 Å². The summed E-state index contributed by atoms with van der Waals surface area (Å²) < 4.78 is 0. The fourth-order valence-electron chi connectivity index (χ4n) is 4.17. The third-order valence-electron chi connectivity index (χ3n) is 6.10. The first-order valence-corrected chi connectivity index (χ1v) is 12.4. The molecule has 2 heterocycles. The van der Waals surface area contributed by atoms with Crippen LogP contribution in [0, 0.1) is 6.92 Å².